The number of hydrogen-bond donors (Lipinski definition) is 0. The SMILES string of the molecule is CCOC(=O)CC(C)OC(=S)n1ccnc1. The third-order valence-electron chi connectivity index (χ3n) is 1.78. The van der Waals surface area contributed by atoms with Crippen molar-refractivity contribution >= 4 is 23.4 Å². The van der Waals surface area contributed by atoms with Crippen molar-refractivity contribution in [1.82, 2.24) is 9.55 Å². The Balaban J connectivity index is 2.37. The third-order valence-corrected chi connectivity index (χ3v) is 2.08. The van der Waals surface area contributed by atoms with E-state index >= 15 is 0 Å². The van der Waals surface area contributed by atoms with E-state index in [-0.39, 0.29) is 23.7 Å². The van der Waals surface area contributed by atoms with Crippen LogP contribution >= 0.6 is 12.2 Å². The van der Waals surface area contributed by atoms with E-state index in [0.29, 0.717) is 6.61 Å². The van der Waals surface area contributed by atoms with Crippen molar-refractivity contribution < 1.29 is 14.3 Å². The van der Waals surface area contributed by atoms with E-state index in [1.165, 1.54) is 0 Å². The molecule has 1 atom stereocenters. The number of carbonyl (C=O) groups excluding carboxylic acids is 1. The van der Waals surface area contributed by atoms with Crippen LogP contribution in [0.1, 0.15) is 20.3 Å². The number of ether oxygens (including phenoxy) is 2. The van der Waals surface area contributed by atoms with Crippen LogP contribution in [0, 0.1) is 0 Å². The fourth-order valence-corrected chi connectivity index (χ4v) is 1.37. The first-order valence-corrected chi connectivity index (χ1v) is 5.39. The summed E-state index contributed by atoms with van der Waals surface area (Å²) < 4.78 is 11.7. The summed E-state index contributed by atoms with van der Waals surface area (Å²) in [4.78, 5) is 15.0. The Morgan fingerprint density at radius 2 is 2.38 bits per heavy atom. The van der Waals surface area contributed by atoms with E-state index in [0.717, 1.165) is 0 Å². The van der Waals surface area contributed by atoms with Gasteiger partial charge in [0.05, 0.1) is 13.0 Å². The molecule has 0 N–H and O–H groups in total. The van der Waals surface area contributed by atoms with E-state index in [2.05, 4.69) is 4.98 Å². The fraction of sp³-hybridized carbons (Fsp3) is 0.500. The Morgan fingerprint density at radius 3 is 2.94 bits per heavy atom. The Hall–Kier alpha value is -1.43. The maximum Gasteiger partial charge on any atom is 0.309 e. The van der Waals surface area contributed by atoms with Crippen LogP contribution in [0.3, 0.4) is 0 Å². The van der Waals surface area contributed by atoms with E-state index in [4.69, 9.17) is 21.7 Å². The highest BCUT2D eigenvalue weighted by atomic mass is 32.1. The summed E-state index contributed by atoms with van der Waals surface area (Å²) in [7, 11) is 0. The summed E-state index contributed by atoms with van der Waals surface area (Å²) in [5.41, 5.74) is 0. The van der Waals surface area contributed by atoms with Gasteiger partial charge in [-0.15, -0.1) is 0 Å². The smallest absolute Gasteiger partial charge is 0.309 e. The maximum absolute atomic E-state index is 11.2. The Kier molecular flexibility index (Phi) is 4.91. The molecule has 0 fully saturated rings. The molecule has 1 heterocycles. The van der Waals surface area contributed by atoms with Crippen LogP contribution in [0.5, 0.6) is 0 Å². The van der Waals surface area contributed by atoms with Gasteiger partial charge in [-0.2, -0.15) is 0 Å². The molecule has 0 aliphatic carbocycles. The minimum absolute atomic E-state index is 0.183. The highest BCUT2D eigenvalue weighted by molar-refractivity contribution is 7.80. The number of hydrogen-bond acceptors (Lipinski definition) is 5. The molecular formula is C10H14N2O3S. The van der Waals surface area contributed by atoms with Crippen LogP contribution in [0.15, 0.2) is 18.7 Å². The molecule has 0 amide bonds. The molecule has 0 saturated heterocycles. The number of carbonyl (C=O) groups is 1. The summed E-state index contributed by atoms with van der Waals surface area (Å²) in [5.74, 6) is -0.288. The van der Waals surface area contributed by atoms with Crippen molar-refractivity contribution in [1.29, 1.82) is 0 Å². The standard InChI is InChI=1S/C10H14N2O3S/c1-3-14-9(13)6-8(2)15-10(16)12-5-4-11-7-12/h4-5,7-8H,3,6H2,1-2H3. The van der Waals surface area contributed by atoms with Crippen LogP contribution < -0.4 is 0 Å². The number of imidazole rings is 1. The highest BCUT2D eigenvalue weighted by Crippen LogP contribution is 2.02. The quantitative estimate of drug-likeness (QED) is 0.589. The molecule has 1 unspecified atom stereocenters. The number of esters is 1. The van der Waals surface area contributed by atoms with E-state index < -0.39 is 0 Å². The van der Waals surface area contributed by atoms with Crippen LogP contribution in [-0.2, 0) is 14.3 Å². The first kappa shape index (κ1) is 12.6. The second kappa shape index (κ2) is 6.22. The first-order chi connectivity index (χ1) is 7.63. The minimum atomic E-state index is -0.311. The topological polar surface area (TPSA) is 53.4 Å². The first-order valence-electron chi connectivity index (χ1n) is 4.98. The second-order valence-electron chi connectivity index (χ2n) is 3.17. The van der Waals surface area contributed by atoms with E-state index in [1.54, 1.807) is 37.1 Å². The molecule has 88 valence electrons. The Labute approximate surface area is 99.4 Å². The molecule has 5 nitrogen and oxygen atoms in total. The Morgan fingerprint density at radius 1 is 1.62 bits per heavy atom. The number of rotatable bonds is 4. The Bertz CT molecular complexity index is 351. The van der Waals surface area contributed by atoms with Crippen molar-refractivity contribution in [3.63, 3.8) is 0 Å². The van der Waals surface area contributed by atoms with Crippen molar-refractivity contribution in [3.8, 4) is 0 Å². The lowest BCUT2D eigenvalue weighted by Crippen LogP contribution is -2.22. The number of thiocarbonyl (C=S) groups is 1. The third kappa shape index (κ3) is 3.98. The average molecular weight is 242 g/mol. The van der Waals surface area contributed by atoms with Gasteiger partial charge in [0.15, 0.2) is 0 Å². The van der Waals surface area contributed by atoms with Crippen molar-refractivity contribution in [2.75, 3.05) is 6.61 Å². The van der Waals surface area contributed by atoms with Gasteiger partial charge in [0.2, 0.25) is 0 Å². The van der Waals surface area contributed by atoms with Crippen LogP contribution in [0.4, 0.5) is 0 Å². The maximum atomic E-state index is 11.2. The average Bonchev–Trinajstić information content (AvgIpc) is 2.69. The summed E-state index contributed by atoms with van der Waals surface area (Å²) in [5, 5.41) is 0.272. The van der Waals surface area contributed by atoms with Crippen molar-refractivity contribution in [2.45, 2.75) is 26.4 Å². The molecule has 1 rings (SSSR count). The zero-order valence-electron chi connectivity index (χ0n) is 9.25. The molecule has 0 spiro atoms. The van der Waals surface area contributed by atoms with Crippen LogP contribution in [0.25, 0.3) is 0 Å². The van der Waals surface area contributed by atoms with Gasteiger partial charge < -0.3 is 9.47 Å². The van der Waals surface area contributed by atoms with Gasteiger partial charge in [-0.3, -0.25) is 9.36 Å². The summed E-state index contributed by atoms with van der Waals surface area (Å²) in [6.45, 7) is 3.90. The summed E-state index contributed by atoms with van der Waals surface area (Å²) >= 11 is 5.02. The van der Waals surface area contributed by atoms with Crippen LogP contribution in [-0.4, -0.2) is 33.4 Å². The highest BCUT2D eigenvalue weighted by Gasteiger charge is 2.13. The normalized spacial score (nSPS) is 11.9. The number of aromatic nitrogens is 2. The molecule has 6 heteroatoms. The predicted molar refractivity (Wildman–Crippen MR) is 62.0 cm³/mol. The lowest BCUT2D eigenvalue weighted by Gasteiger charge is -2.14. The minimum Gasteiger partial charge on any atom is -0.467 e. The van der Waals surface area contributed by atoms with E-state index in [9.17, 15) is 4.79 Å². The van der Waals surface area contributed by atoms with Gasteiger partial charge in [-0.05, 0) is 26.1 Å². The number of nitrogens with zero attached hydrogens (tertiary/aromatic N) is 2. The largest absolute Gasteiger partial charge is 0.467 e. The lowest BCUT2D eigenvalue weighted by molar-refractivity contribution is -0.144. The summed E-state index contributed by atoms with van der Waals surface area (Å²) in [6.07, 6.45) is 4.70. The van der Waals surface area contributed by atoms with Gasteiger partial charge >= 0.3 is 5.97 Å². The zero-order chi connectivity index (χ0) is 12.0. The molecular weight excluding hydrogens is 228 g/mol. The fourth-order valence-electron chi connectivity index (χ4n) is 1.10. The second-order valence-corrected chi connectivity index (χ2v) is 3.52. The molecule has 0 aromatic carbocycles. The molecule has 1 aromatic heterocycles. The molecule has 1 aromatic rings. The molecule has 0 bridgehead atoms. The van der Waals surface area contributed by atoms with Gasteiger partial charge in [0, 0.05) is 12.4 Å². The molecule has 16 heavy (non-hydrogen) atoms. The lowest BCUT2D eigenvalue weighted by atomic mass is 10.3. The van der Waals surface area contributed by atoms with Crippen molar-refractivity contribution in [2.24, 2.45) is 0 Å². The van der Waals surface area contributed by atoms with E-state index in [1.807, 2.05) is 0 Å². The van der Waals surface area contributed by atoms with Crippen molar-refractivity contribution in [3.05, 3.63) is 18.7 Å². The van der Waals surface area contributed by atoms with Crippen LogP contribution in [0.2, 0.25) is 0 Å². The summed E-state index contributed by atoms with van der Waals surface area (Å²) in [6, 6.07) is 0. The predicted octanol–water partition coefficient (Wildman–Crippen LogP) is 1.37. The zero-order valence-corrected chi connectivity index (χ0v) is 10.1. The van der Waals surface area contributed by atoms with Gasteiger partial charge in [-0.25, -0.2) is 4.98 Å². The monoisotopic (exact) mass is 242 g/mol. The van der Waals surface area contributed by atoms with Gasteiger partial charge in [0.1, 0.15) is 12.4 Å². The van der Waals surface area contributed by atoms with Gasteiger partial charge in [-0.1, -0.05) is 0 Å². The molecule has 0 aliphatic heterocycles. The molecule has 0 aliphatic rings. The molecule has 0 radical (unpaired) electrons. The van der Waals surface area contributed by atoms with Gasteiger partial charge in [0.25, 0.3) is 5.17 Å². The molecule has 0 saturated carbocycles.